The Hall–Kier alpha value is -5.09. The summed E-state index contributed by atoms with van der Waals surface area (Å²) < 4.78 is 43.3. The fraction of sp³-hybridized carbons (Fsp3) is 0.375. The molecule has 4 heterocycles. The molecular weight excluding hydrogens is 648 g/mol. The predicted octanol–water partition coefficient (Wildman–Crippen LogP) is 1.57. The Bertz CT molecular complexity index is 2070. The molecule has 2 aromatic heterocycles. The monoisotopic (exact) mass is 682 g/mol. The summed E-state index contributed by atoms with van der Waals surface area (Å²) in [5, 5.41) is 10.7. The minimum absolute atomic E-state index is 0.103. The van der Waals surface area contributed by atoms with Crippen molar-refractivity contribution in [1.29, 1.82) is 0 Å². The Morgan fingerprint density at radius 1 is 1.19 bits per heavy atom. The van der Waals surface area contributed by atoms with E-state index in [9.17, 15) is 32.4 Å². The summed E-state index contributed by atoms with van der Waals surface area (Å²) >= 11 is 0. The number of carbonyl (C=O) groups excluding carboxylic acids is 3. The van der Waals surface area contributed by atoms with Gasteiger partial charge in [0.25, 0.3) is 5.56 Å². The Balaban J connectivity index is 1.57. The van der Waals surface area contributed by atoms with Gasteiger partial charge in [-0.25, -0.2) is 14.6 Å². The number of benzene rings is 1. The largest absolute Gasteiger partial charge is 0.478 e. The molecule has 15 nitrogen and oxygen atoms in total. The van der Waals surface area contributed by atoms with Gasteiger partial charge in [0.1, 0.15) is 18.9 Å². The van der Waals surface area contributed by atoms with Crippen molar-refractivity contribution in [3.63, 3.8) is 0 Å². The van der Waals surface area contributed by atoms with E-state index < -0.39 is 56.9 Å². The van der Waals surface area contributed by atoms with Gasteiger partial charge in [-0.3, -0.25) is 14.4 Å². The maximum Gasteiger partial charge on any atom is 0.355 e. The Kier molecular flexibility index (Phi) is 9.16. The second kappa shape index (κ2) is 12.8. The number of fused-ring (bicyclic) bond motifs is 5. The molecule has 2 N–H and O–H groups in total. The molecule has 5 rings (SSSR count). The van der Waals surface area contributed by atoms with Crippen molar-refractivity contribution in [2.45, 2.75) is 57.7 Å². The molecular formula is C32H34N4O11S. The molecule has 0 saturated carbocycles. The molecule has 1 atom stereocenters. The van der Waals surface area contributed by atoms with E-state index in [-0.39, 0.29) is 36.4 Å². The molecule has 48 heavy (non-hydrogen) atoms. The molecule has 2 aliphatic heterocycles. The minimum Gasteiger partial charge on any atom is -0.478 e. The van der Waals surface area contributed by atoms with Gasteiger partial charge in [0.05, 0.1) is 34.3 Å². The summed E-state index contributed by atoms with van der Waals surface area (Å²) in [7, 11) is -0.225. The number of aliphatic carboxylic acids is 1. The van der Waals surface area contributed by atoms with Gasteiger partial charge in [0, 0.05) is 40.8 Å². The van der Waals surface area contributed by atoms with Crippen LogP contribution in [0.1, 0.15) is 49.4 Å². The van der Waals surface area contributed by atoms with Crippen LogP contribution in [-0.4, -0.2) is 77.7 Å². The third-order valence-electron chi connectivity index (χ3n) is 8.06. The molecule has 0 saturated heterocycles. The van der Waals surface area contributed by atoms with Crippen LogP contribution in [0.25, 0.3) is 22.3 Å². The van der Waals surface area contributed by atoms with Crippen molar-refractivity contribution in [2.24, 2.45) is 0 Å². The Morgan fingerprint density at radius 2 is 1.92 bits per heavy atom. The summed E-state index contributed by atoms with van der Waals surface area (Å²) in [4.78, 5) is 69.2. The van der Waals surface area contributed by atoms with Crippen LogP contribution in [0, 0.1) is 0 Å². The molecule has 0 fully saturated rings. The number of carboxylic acid groups (broad SMARTS) is 1. The normalized spacial score (nSPS) is 16.9. The number of ether oxygens (including phenoxy) is 2. The lowest BCUT2D eigenvalue weighted by atomic mass is 9.85. The number of nitrogens with one attached hydrogen (secondary N) is 1. The van der Waals surface area contributed by atoms with Crippen LogP contribution >= 0.6 is 0 Å². The summed E-state index contributed by atoms with van der Waals surface area (Å²) in [6.07, 6.45) is 1.21. The van der Waals surface area contributed by atoms with Gasteiger partial charge in [-0.15, -0.1) is 0 Å². The minimum atomic E-state index is -3.89. The number of pyridine rings is 2. The first kappa shape index (κ1) is 34.3. The standard InChI is InChI=1S/C32H34N4O11S/c1-6-32(46-28(40)13-33-26(37)9-10-27(38)39)22-12-24-29-18(14-36(24)30(41)21(22)16-45-31(32)42)11-19-20(15-35(4)5)25(8-7-23(19)34-29)47-48(43,44)17(2)3/h7-12,17H,6,13-16H2,1-5H3,(H,33,37)(H,38,39). The number of rotatable bonds is 11. The number of carboxylic acids is 1. The molecule has 0 bridgehead atoms. The van der Waals surface area contributed by atoms with Crippen LogP contribution in [0.3, 0.4) is 0 Å². The fourth-order valence-corrected chi connectivity index (χ4v) is 6.22. The number of carbonyl (C=O) groups is 4. The zero-order valence-electron chi connectivity index (χ0n) is 26.9. The van der Waals surface area contributed by atoms with E-state index in [2.05, 4.69) is 5.32 Å². The molecule has 3 aromatic rings. The third-order valence-corrected chi connectivity index (χ3v) is 9.62. The van der Waals surface area contributed by atoms with Crippen LogP contribution in [0.5, 0.6) is 5.75 Å². The third kappa shape index (κ3) is 6.27. The number of hydrogen-bond donors (Lipinski definition) is 2. The Morgan fingerprint density at radius 3 is 2.56 bits per heavy atom. The van der Waals surface area contributed by atoms with E-state index in [4.69, 9.17) is 23.7 Å². The zero-order valence-corrected chi connectivity index (χ0v) is 27.7. The quantitative estimate of drug-likeness (QED) is 0.131. The number of cyclic esters (lactones) is 1. The molecule has 2 aliphatic rings. The molecule has 0 aliphatic carbocycles. The van der Waals surface area contributed by atoms with E-state index in [1.807, 2.05) is 25.1 Å². The predicted molar refractivity (Wildman–Crippen MR) is 170 cm³/mol. The van der Waals surface area contributed by atoms with Gasteiger partial charge in [0.15, 0.2) is 0 Å². The van der Waals surface area contributed by atoms with Crippen LogP contribution in [0.2, 0.25) is 0 Å². The smallest absolute Gasteiger partial charge is 0.355 e. The van der Waals surface area contributed by atoms with Gasteiger partial charge in [-0.1, -0.05) is 6.92 Å². The lowest BCUT2D eigenvalue weighted by Crippen LogP contribution is -2.48. The number of aromatic nitrogens is 2. The molecule has 16 heteroatoms. The molecule has 254 valence electrons. The SMILES string of the molecule is CCC1(OC(=O)CNC(=O)C=CC(=O)O)C(=O)OCc2c1cc1n(c2=O)Cc2cc3c(CN(C)C)c(OS(=O)(=O)C(C)C)ccc3nc2-1. The molecule has 0 radical (unpaired) electrons. The Labute approximate surface area is 275 Å². The second-order valence-electron chi connectivity index (χ2n) is 11.9. The summed E-state index contributed by atoms with van der Waals surface area (Å²) in [6.45, 7) is 4.05. The average Bonchev–Trinajstić information content (AvgIpc) is 3.38. The molecule has 1 unspecified atom stereocenters. The van der Waals surface area contributed by atoms with E-state index in [1.165, 1.54) is 18.4 Å². The first-order valence-electron chi connectivity index (χ1n) is 15.0. The topological polar surface area (TPSA) is 200 Å². The van der Waals surface area contributed by atoms with Gasteiger partial charge < -0.3 is 33.5 Å². The highest BCUT2D eigenvalue weighted by atomic mass is 32.2. The van der Waals surface area contributed by atoms with Crippen molar-refractivity contribution < 1.29 is 46.4 Å². The van der Waals surface area contributed by atoms with Crippen LogP contribution < -0.4 is 15.1 Å². The highest BCUT2D eigenvalue weighted by Crippen LogP contribution is 2.42. The number of hydrogen-bond acceptors (Lipinski definition) is 12. The molecule has 0 spiro atoms. The second-order valence-corrected chi connectivity index (χ2v) is 14.0. The number of esters is 2. The first-order valence-corrected chi connectivity index (χ1v) is 16.4. The van der Waals surface area contributed by atoms with E-state index in [1.54, 1.807) is 25.1 Å². The average molecular weight is 683 g/mol. The maximum atomic E-state index is 13.9. The summed E-state index contributed by atoms with van der Waals surface area (Å²) in [5.74, 6) is -3.96. The van der Waals surface area contributed by atoms with E-state index in [0.29, 0.717) is 46.0 Å². The van der Waals surface area contributed by atoms with E-state index >= 15 is 0 Å². The van der Waals surface area contributed by atoms with Crippen molar-refractivity contribution >= 4 is 44.8 Å². The summed E-state index contributed by atoms with van der Waals surface area (Å²) in [6, 6.07) is 6.60. The zero-order chi connectivity index (χ0) is 35.1. The number of amides is 1. The van der Waals surface area contributed by atoms with Crippen LogP contribution in [0.15, 0.2) is 41.2 Å². The fourth-order valence-electron chi connectivity index (χ4n) is 5.62. The van der Waals surface area contributed by atoms with Gasteiger partial charge >= 0.3 is 28.0 Å². The van der Waals surface area contributed by atoms with Crippen molar-refractivity contribution in [3.05, 3.63) is 69.0 Å². The lowest BCUT2D eigenvalue weighted by Gasteiger charge is -2.35. The van der Waals surface area contributed by atoms with E-state index in [0.717, 1.165) is 6.08 Å². The lowest BCUT2D eigenvalue weighted by molar-refractivity contribution is -0.189. The van der Waals surface area contributed by atoms with Gasteiger partial charge in [-0.2, -0.15) is 8.42 Å². The van der Waals surface area contributed by atoms with Gasteiger partial charge in [0.2, 0.25) is 11.5 Å². The van der Waals surface area contributed by atoms with Crippen LogP contribution in [0.4, 0.5) is 0 Å². The van der Waals surface area contributed by atoms with Gasteiger partial charge in [-0.05, 0) is 58.6 Å². The first-order chi connectivity index (χ1) is 22.6. The summed E-state index contributed by atoms with van der Waals surface area (Å²) in [5.41, 5.74) is 0.369. The number of nitrogens with zero attached hydrogens (tertiary/aromatic N) is 3. The van der Waals surface area contributed by atoms with Crippen molar-refractivity contribution in [2.75, 3.05) is 20.6 Å². The maximum absolute atomic E-state index is 13.9. The highest BCUT2D eigenvalue weighted by Gasteiger charge is 2.50. The van der Waals surface area contributed by atoms with Crippen LogP contribution in [-0.2, 0) is 64.1 Å². The highest BCUT2D eigenvalue weighted by molar-refractivity contribution is 7.87. The van der Waals surface area contributed by atoms with Crippen molar-refractivity contribution in [1.82, 2.24) is 19.8 Å². The van der Waals surface area contributed by atoms with Crippen molar-refractivity contribution in [3.8, 4) is 17.1 Å². The molecule has 1 aromatic carbocycles. The molecule has 1 amide bonds.